The highest BCUT2D eigenvalue weighted by molar-refractivity contribution is 5.89. The molecule has 2 atom stereocenters. The van der Waals surface area contributed by atoms with Gasteiger partial charge in [-0.1, -0.05) is 13.8 Å². The molecular weight excluding hydrogens is 358 g/mol. The number of pyridine rings is 1. The van der Waals surface area contributed by atoms with Crippen molar-refractivity contribution in [1.82, 2.24) is 4.57 Å². The summed E-state index contributed by atoms with van der Waals surface area (Å²) in [7, 11) is 1.50. The third-order valence-corrected chi connectivity index (χ3v) is 6.18. The molecule has 1 N–H and O–H groups in total. The van der Waals surface area contributed by atoms with Crippen molar-refractivity contribution in [3.05, 3.63) is 45.7 Å². The fraction of sp³-hybridized carbons (Fsp3) is 0.455. The minimum atomic E-state index is -0.593. The summed E-state index contributed by atoms with van der Waals surface area (Å²) >= 11 is 0. The van der Waals surface area contributed by atoms with Crippen molar-refractivity contribution in [3.63, 3.8) is 0 Å². The maximum Gasteiger partial charge on any atom is 0.343 e. The SMILES string of the molecule is CCOC(=O)c1cn2c(cc1=O)-c1cc(OC)c(O)cc1[C@H]1CCC(C)(C)[C@H]12. The Hall–Kier alpha value is -2.76. The average molecular weight is 383 g/mol. The van der Waals surface area contributed by atoms with Gasteiger partial charge in [0.25, 0.3) is 0 Å². The normalized spacial score (nSPS) is 21.4. The van der Waals surface area contributed by atoms with Crippen molar-refractivity contribution in [2.75, 3.05) is 13.7 Å². The Balaban J connectivity index is 2.01. The Morgan fingerprint density at radius 1 is 1.32 bits per heavy atom. The lowest BCUT2D eigenvalue weighted by atomic mass is 9.77. The summed E-state index contributed by atoms with van der Waals surface area (Å²) in [5.74, 6) is 0.0580. The van der Waals surface area contributed by atoms with Crippen LogP contribution >= 0.6 is 0 Å². The maximum absolute atomic E-state index is 12.7. The van der Waals surface area contributed by atoms with E-state index >= 15 is 0 Å². The quantitative estimate of drug-likeness (QED) is 0.814. The van der Waals surface area contributed by atoms with Gasteiger partial charge in [0, 0.05) is 29.8 Å². The molecule has 6 heteroatoms. The number of fused-ring (bicyclic) bond motifs is 6. The van der Waals surface area contributed by atoms with Gasteiger partial charge in [0.05, 0.1) is 19.4 Å². The molecule has 1 aliphatic carbocycles. The number of rotatable bonds is 3. The van der Waals surface area contributed by atoms with Crippen molar-refractivity contribution in [1.29, 1.82) is 0 Å². The van der Waals surface area contributed by atoms with Crippen LogP contribution in [0.5, 0.6) is 11.5 Å². The van der Waals surface area contributed by atoms with Crippen molar-refractivity contribution < 1.29 is 19.4 Å². The van der Waals surface area contributed by atoms with Gasteiger partial charge >= 0.3 is 5.97 Å². The maximum atomic E-state index is 12.7. The largest absolute Gasteiger partial charge is 0.504 e. The van der Waals surface area contributed by atoms with E-state index in [-0.39, 0.29) is 40.7 Å². The van der Waals surface area contributed by atoms with E-state index in [4.69, 9.17) is 9.47 Å². The van der Waals surface area contributed by atoms with Crippen molar-refractivity contribution in [2.24, 2.45) is 5.41 Å². The molecule has 4 rings (SSSR count). The number of esters is 1. The van der Waals surface area contributed by atoms with Gasteiger partial charge in [-0.15, -0.1) is 0 Å². The summed E-state index contributed by atoms with van der Waals surface area (Å²) in [6, 6.07) is 5.13. The molecule has 1 fully saturated rings. The highest BCUT2D eigenvalue weighted by Crippen LogP contribution is 2.59. The average Bonchev–Trinajstić information content (AvgIpc) is 2.97. The van der Waals surface area contributed by atoms with Crippen LogP contribution in [0.25, 0.3) is 11.3 Å². The molecule has 1 saturated carbocycles. The number of methoxy groups -OCH3 is 1. The van der Waals surface area contributed by atoms with E-state index in [1.54, 1.807) is 25.3 Å². The van der Waals surface area contributed by atoms with Crippen LogP contribution in [0.4, 0.5) is 0 Å². The second kappa shape index (κ2) is 6.40. The van der Waals surface area contributed by atoms with Gasteiger partial charge in [0.15, 0.2) is 16.9 Å². The number of phenolic OH excluding ortho intramolecular Hbond substituents is 1. The van der Waals surface area contributed by atoms with Crippen LogP contribution < -0.4 is 10.2 Å². The first kappa shape index (κ1) is 18.6. The Labute approximate surface area is 163 Å². The predicted octanol–water partition coefficient (Wildman–Crippen LogP) is 3.86. The number of carbonyl (C=O) groups excluding carboxylic acids is 1. The molecule has 0 radical (unpaired) electrons. The second-order valence-electron chi connectivity index (χ2n) is 8.25. The molecule has 0 saturated heterocycles. The number of phenols is 1. The first-order valence-corrected chi connectivity index (χ1v) is 9.63. The number of ether oxygens (including phenoxy) is 2. The van der Waals surface area contributed by atoms with E-state index in [2.05, 4.69) is 18.4 Å². The van der Waals surface area contributed by atoms with Crippen LogP contribution in [0.2, 0.25) is 0 Å². The van der Waals surface area contributed by atoms with E-state index in [1.807, 2.05) is 0 Å². The first-order chi connectivity index (χ1) is 13.3. The summed E-state index contributed by atoms with van der Waals surface area (Å²) in [6.07, 6.45) is 3.63. The Kier molecular flexibility index (Phi) is 4.25. The molecule has 0 amide bonds. The van der Waals surface area contributed by atoms with Gasteiger partial charge in [0.2, 0.25) is 0 Å². The zero-order chi connectivity index (χ0) is 20.2. The Bertz CT molecular complexity index is 1020. The summed E-state index contributed by atoms with van der Waals surface area (Å²) in [6.45, 7) is 6.35. The van der Waals surface area contributed by atoms with Gasteiger partial charge in [-0.05, 0) is 42.9 Å². The molecule has 1 aromatic heterocycles. The summed E-state index contributed by atoms with van der Waals surface area (Å²) in [4.78, 5) is 25.0. The van der Waals surface area contributed by atoms with E-state index in [9.17, 15) is 14.7 Å². The monoisotopic (exact) mass is 383 g/mol. The zero-order valence-electron chi connectivity index (χ0n) is 16.6. The number of nitrogens with zero attached hydrogens (tertiary/aromatic N) is 1. The molecule has 6 nitrogen and oxygen atoms in total. The summed E-state index contributed by atoms with van der Waals surface area (Å²) in [5.41, 5.74) is 2.30. The number of hydrogen-bond donors (Lipinski definition) is 1. The second-order valence-corrected chi connectivity index (χ2v) is 8.25. The number of carbonyl (C=O) groups is 1. The van der Waals surface area contributed by atoms with Crippen LogP contribution in [-0.2, 0) is 4.74 Å². The minimum Gasteiger partial charge on any atom is -0.504 e. The minimum absolute atomic E-state index is 0.0202. The van der Waals surface area contributed by atoms with Gasteiger partial charge in [0.1, 0.15) is 5.56 Å². The Morgan fingerprint density at radius 3 is 2.75 bits per heavy atom. The first-order valence-electron chi connectivity index (χ1n) is 9.63. The third-order valence-electron chi connectivity index (χ3n) is 6.18. The molecule has 0 unspecified atom stereocenters. The van der Waals surface area contributed by atoms with Gasteiger partial charge in [-0.3, -0.25) is 4.79 Å². The molecule has 2 heterocycles. The van der Waals surface area contributed by atoms with Crippen LogP contribution in [-0.4, -0.2) is 29.4 Å². The fourth-order valence-electron chi connectivity index (χ4n) is 4.91. The third kappa shape index (κ3) is 2.62. The standard InChI is InChI=1S/C22H25NO5/c1-5-28-21(26)15-11-23-16(10-17(15)24)14-9-19(27-4)18(25)8-13(14)12-6-7-22(2,3)20(12)23/h8-12,20,25H,5-7H2,1-4H3/t12-,20+/m1/s1. The van der Waals surface area contributed by atoms with Crippen molar-refractivity contribution >= 4 is 5.97 Å². The molecule has 2 aliphatic rings. The van der Waals surface area contributed by atoms with Crippen molar-refractivity contribution in [3.8, 4) is 22.8 Å². The van der Waals surface area contributed by atoms with Crippen LogP contribution in [0.3, 0.4) is 0 Å². The summed E-state index contributed by atoms with van der Waals surface area (Å²) < 4.78 is 12.4. The van der Waals surface area contributed by atoms with Crippen LogP contribution in [0.15, 0.2) is 29.2 Å². The molecule has 0 bridgehead atoms. The van der Waals surface area contributed by atoms with Crippen LogP contribution in [0, 0.1) is 5.41 Å². The summed E-state index contributed by atoms with van der Waals surface area (Å²) in [5, 5.41) is 10.3. The van der Waals surface area contributed by atoms with E-state index < -0.39 is 5.97 Å². The topological polar surface area (TPSA) is 77.8 Å². The number of benzene rings is 1. The number of aromatic nitrogens is 1. The lowest BCUT2D eigenvalue weighted by molar-refractivity contribution is 0.0523. The predicted molar refractivity (Wildman–Crippen MR) is 105 cm³/mol. The smallest absolute Gasteiger partial charge is 0.343 e. The Morgan fingerprint density at radius 2 is 2.07 bits per heavy atom. The molecule has 1 aromatic carbocycles. The fourth-order valence-corrected chi connectivity index (χ4v) is 4.91. The van der Waals surface area contributed by atoms with Gasteiger partial charge in [-0.2, -0.15) is 0 Å². The van der Waals surface area contributed by atoms with Gasteiger partial charge in [-0.25, -0.2) is 4.79 Å². The number of aromatic hydroxyl groups is 1. The van der Waals surface area contributed by atoms with Gasteiger partial charge < -0.3 is 19.1 Å². The molecule has 28 heavy (non-hydrogen) atoms. The number of hydrogen-bond acceptors (Lipinski definition) is 5. The van der Waals surface area contributed by atoms with E-state index in [0.717, 1.165) is 29.7 Å². The molecular formula is C22H25NO5. The van der Waals surface area contributed by atoms with E-state index in [0.29, 0.717) is 5.75 Å². The lowest BCUT2D eigenvalue weighted by Gasteiger charge is -2.39. The molecule has 1 aliphatic heterocycles. The van der Waals surface area contributed by atoms with E-state index in [1.165, 1.54) is 13.2 Å². The van der Waals surface area contributed by atoms with Crippen molar-refractivity contribution in [2.45, 2.75) is 45.6 Å². The molecule has 2 aromatic rings. The molecule has 0 spiro atoms. The highest BCUT2D eigenvalue weighted by atomic mass is 16.5. The molecule has 148 valence electrons. The zero-order valence-corrected chi connectivity index (χ0v) is 16.6. The lowest BCUT2D eigenvalue weighted by Crippen LogP contribution is -2.32. The highest BCUT2D eigenvalue weighted by Gasteiger charge is 2.47. The van der Waals surface area contributed by atoms with Crippen LogP contribution in [0.1, 0.15) is 61.5 Å².